The minimum Gasteiger partial charge on any atom is -0.379 e. The molecule has 0 fully saturated rings. The van der Waals surface area contributed by atoms with Crippen molar-refractivity contribution in [2.45, 2.75) is 59.0 Å². The molecule has 120 valence electrons. The third-order valence-electron chi connectivity index (χ3n) is 4.11. The molecule has 0 aliphatic carbocycles. The van der Waals surface area contributed by atoms with Crippen LogP contribution in [0.4, 0.5) is 0 Å². The highest BCUT2D eigenvalue weighted by Crippen LogP contribution is 2.31. The van der Waals surface area contributed by atoms with Crippen LogP contribution in [0.3, 0.4) is 0 Å². The van der Waals surface area contributed by atoms with Crippen LogP contribution in [-0.4, -0.2) is 25.8 Å². The van der Waals surface area contributed by atoms with E-state index < -0.39 is 0 Å². The second-order valence-corrected chi connectivity index (χ2v) is 6.69. The monoisotopic (exact) mass is 291 g/mol. The van der Waals surface area contributed by atoms with Gasteiger partial charge < -0.3 is 10.1 Å². The van der Waals surface area contributed by atoms with Gasteiger partial charge in [0.05, 0.1) is 6.10 Å². The van der Waals surface area contributed by atoms with Gasteiger partial charge in [-0.3, -0.25) is 0 Å². The Morgan fingerprint density at radius 2 is 1.76 bits per heavy atom. The van der Waals surface area contributed by atoms with Crippen molar-refractivity contribution < 1.29 is 4.74 Å². The molecular formula is C19H33NO. The lowest BCUT2D eigenvalue weighted by atomic mass is 9.75. The number of rotatable bonds is 10. The van der Waals surface area contributed by atoms with Crippen molar-refractivity contribution in [3.05, 3.63) is 35.9 Å². The van der Waals surface area contributed by atoms with E-state index in [2.05, 4.69) is 70.3 Å². The van der Waals surface area contributed by atoms with Gasteiger partial charge in [0.15, 0.2) is 0 Å². The molecule has 21 heavy (non-hydrogen) atoms. The largest absolute Gasteiger partial charge is 0.379 e. The molecule has 0 saturated carbocycles. The molecule has 1 N–H and O–H groups in total. The Morgan fingerprint density at radius 3 is 2.29 bits per heavy atom. The highest BCUT2D eigenvalue weighted by Gasteiger charge is 2.29. The van der Waals surface area contributed by atoms with E-state index in [1.165, 1.54) is 5.56 Å². The maximum Gasteiger partial charge on any atom is 0.0518 e. The molecular weight excluding hydrogens is 258 g/mol. The van der Waals surface area contributed by atoms with E-state index in [4.69, 9.17) is 4.74 Å². The van der Waals surface area contributed by atoms with Gasteiger partial charge in [0, 0.05) is 18.6 Å². The van der Waals surface area contributed by atoms with Crippen LogP contribution in [0.25, 0.3) is 0 Å². The first kappa shape index (κ1) is 18.2. The zero-order valence-corrected chi connectivity index (χ0v) is 14.5. The second-order valence-electron chi connectivity index (χ2n) is 6.69. The van der Waals surface area contributed by atoms with Crippen molar-refractivity contribution in [2.75, 3.05) is 19.7 Å². The summed E-state index contributed by atoms with van der Waals surface area (Å²) in [6.45, 7) is 13.9. The lowest BCUT2D eigenvalue weighted by Crippen LogP contribution is -2.40. The molecule has 0 radical (unpaired) electrons. The van der Waals surface area contributed by atoms with Crippen molar-refractivity contribution in [3.8, 4) is 0 Å². The van der Waals surface area contributed by atoms with Crippen LogP contribution in [0.15, 0.2) is 30.3 Å². The number of hydrogen-bond acceptors (Lipinski definition) is 2. The molecule has 1 rings (SSSR count). The first-order chi connectivity index (χ1) is 10.00. The van der Waals surface area contributed by atoms with E-state index >= 15 is 0 Å². The summed E-state index contributed by atoms with van der Waals surface area (Å²) in [4.78, 5) is 0. The molecule has 1 aromatic carbocycles. The highest BCUT2D eigenvalue weighted by atomic mass is 16.5. The van der Waals surface area contributed by atoms with Crippen LogP contribution in [0.1, 0.15) is 53.0 Å². The lowest BCUT2D eigenvalue weighted by Gasteiger charge is -2.34. The van der Waals surface area contributed by atoms with Gasteiger partial charge >= 0.3 is 0 Å². The van der Waals surface area contributed by atoms with Crippen LogP contribution < -0.4 is 5.32 Å². The zero-order valence-electron chi connectivity index (χ0n) is 14.5. The molecule has 0 aliphatic rings. The molecule has 0 aromatic heterocycles. The van der Waals surface area contributed by atoms with Gasteiger partial charge in [-0.2, -0.15) is 0 Å². The second kappa shape index (κ2) is 9.22. The van der Waals surface area contributed by atoms with Crippen molar-refractivity contribution in [1.82, 2.24) is 5.32 Å². The molecule has 0 saturated heterocycles. The Balaban J connectivity index is 2.79. The smallest absolute Gasteiger partial charge is 0.0518 e. The Morgan fingerprint density at radius 1 is 1.10 bits per heavy atom. The fraction of sp³-hybridized carbons (Fsp3) is 0.684. The van der Waals surface area contributed by atoms with Crippen LogP contribution in [0.2, 0.25) is 0 Å². The van der Waals surface area contributed by atoms with Gasteiger partial charge in [-0.15, -0.1) is 0 Å². The van der Waals surface area contributed by atoms with E-state index in [9.17, 15) is 0 Å². The maximum atomic E-state index is 5.82. The lowest BCUT2D eigenvalue weighted by molar-refractivity contribution is 0.0627. The van der Waals surface area contributed by atoms with E-state index in [0.717, 1.165) is 32.5 Å². The maximum absolute atomic E-state index is 5.82. The van der Waals surface area contributed by atoms with E-state index in [-0.39, 0.29) is 5.41 Å². The summed E-state index contributed by atoms with van der Waals surface area (Å²) >= 11 is 0. The zero-order chi connectivity index (χ0) is 15.7. The van der Waals surface area contributed by atoms with Gasteiger partial charge in [-0.25, -0.2) is 0 Å². The number of ether oxygens (including phenoxy) is 1. The average Bonchev–Trinajstić information content (AvgIpc) is 2.46. The van der Waals surface area contributed by atoms with Crippen molar-refractivity contribution >= 4 is 0 Å². The predicted octanol–water partition coefficient (Wildman–Crippen LogP) is 4.40. The molecule has 2 heteroatoms. The Labute approximate surface area is 131 Å². The van der Waals surface area contributed by atoms with Crippen LogP contribution >= 0.6 is 0 Å². The standard InChI is InChI=1S/C19H33NO/c1-6-19(12-13-21-17(4)5,15-20-14-16(2)3)18-10-8-7-9-11-18/h7-11,16-17,20H,6,12-15H2,1-5H3. The Hall–Kier alpha value is -0.860. The third-order valence-corrected chi connectivity index (χ3v) is 4.11. The SMILES string of the molecule is CCC(CCOC(C)C)(CNCC(C)C)c1ccccc1. The normalized spacial score (nSPS) is 14.6. The summed E-state index contributed by atoms with van der Waals surface area (Å²) in [6.07, 6.45) is 2.50. The summed E-state index contributed by atoms with van der Waals surface area (Å²) in [7, 11) is 0. The Kier molecular flexibility index (Phi) is 7.98. The highest BCUT2D eigenvalue weighted by molar-refractivity contribution is 5.26. The summed E-state index contributed by atoms with van der Waals surface area (Å²) in [5, 5.41) is 3.66. The topological polar surface area (TPSA) is 21.3 Å². The Bertz CT molecular complexity index is 358. The quantitative estimate of drug-likeness (QED) is 0.690. The molecule has 0 heterocycles. The average molecular weight is 291 g/mol. The van der Waals surface area contributed by atoms with Crippen molar-refractivity contribution in [2.24, 2.45) is 5.92 Å². The molecule has 1 unspecified atom stereocenters. The van der Waals surface area contributed by atoms with E-state index in [0.29, 0.717) is 12.0 Å². The third kappa shape index (κ3) is 6.19. The minimum atomic E-state index is 0.172. The van der Waals surface area contributed by atoms with Gasteiger partial charge in [0.2, 0.25) is 0 Å². The fourth-order valence-electron chi connectivity index (χ4n) is 2.72. The van der Waals surface area contributed by atoms with Crippen LogP contribution in [0.5, 0.6) is 0 Å². The van der Waals surface area contributed by atoms with Gasteiger partial charge in [-0.1, -0.05) is 51.1 Å². The fourth-order valence-corrected chi connectivity index (χ4v) is 2.72. The first-order valence-corrected chi connectivity index (χ1v) is 8.38. The minimum absolute atomic E-state index is 0.172. The van der Waals surface area contributed by atoms with Crippen LogP contribution in [-0.2, 0) is 10.2 Å². The summed E-state index contributed by atoms with van der Waals surface area (Å²) in [6, 6.07) is 10.9. The first-order valence-electron chi connectivity index (χ1n) is 8.38. The number of benzene rings is 1. The predicted molar refractivity (Wildman–Crippen MR) is 91.8 cm³/mol. The summed E-state index contributed by atoms with van der Waals surface area (Å²) in [5.41, 5.74) is 1.60. The number of hydrogen-bond donors (Lipinski definition) is 1. The summed E-state index contributed by atoms with van der Waals surface area (Å²) in [5.74, 6) is 0.683. The molecule has 0 amide bonds. The molecule has 1 atom stereocenters. The number of nitrogens with one attached hydrogen (secondary N) is 1. The van der Waals surface area contributed by atoms with Gasteiger partial charge in [0.25, 0.3) is 0 Å². The van der Waals surface area contributed by atoms with E-state index in [1.807, 2.05) is 0 Å². The van der Waals surface area contributed by atoms with Gasteiger partial charge in [-0.05, 0) is 44.7 Å². The van der Waals surface area contributed by atoms with Gasteiger partial charge in [0.1, 0.15) is 0 Å². The molecule has 2 nitrogen and oxygen atoms in total. The summed E-state index contributed by atoms with van der Waals surface area (Å²) < 4.78 is 5.82. The molecule has 0 spiro atoms. The van der Waals surface area contributed by atoms with Crippen LogP contribution in [0, 0.1) is 5.92 Å². The van der Waals surface area contributed by atoms with Crippen molar-refractivity contribution in [1.29, 1.82) is 0 Å². The molecule has 0 bridgehead atoms. The molecule has 0 aliphatic heterocycles. The van der Waals surface area contributed by atoms with E-state index in [1.54, 1.807) is 0 Å². The van der Waals surface area contributed by atoms with Crippen molar-refractivity contribution in [3.63, 3.8) is 0 Å². The molecule has 1 aromatic rings.